The highest BCUT2D eigenvalue weighted by Crippen LogP contribution is 2.28. The Kier molecular flexibility index (Phi) is 5.19. The van der Waals surface area contributed by atoms with Crippen molar-refractivity contribution in [2.45, 2.75) is 59.2 Å². The lowest BCUT2D eigenvalue weighted by atomic mass is 9.80. The molecular weight excluding hydrogens is 214 g/mol. The summed E-state index contributed by atoms with van der Waals surface area (Å²) in [5.74, 6) is 1.14. The third kappa shape index (κ3) is 4.50. The van der Waals surface area contributed by atoms with E-state index < -0.39 is 0 Å². The second kappa shape index (κ2) is 6.20. The highest BCUT2D eigenvalue weighted by Gasteiger charge is 2.26. The predicted octanol–water partition coefficient (Wildman–Crippen LogP) is 2.87. The molecular formula is C14H25NO2. The van der Waals surface area contributed by atoms with Gasteiger partial charge in [0.25, 0.3) is 0 Å². The second-order valence-corrected chi connectivity index (χ2v) is 5.50. The van der Waals surface area contributed by atoms with E-state index in [1.165, 1.54) is 12.8 Å². The summed E-state index contributed by atoms with van der Waals surface area (Å²) in [4.78, 5) is 11.4. The van der Waals surface area contributed by atoms with Gasteiger partial charge in [0.15, 0.2) is 6.23 Å². The second-order valence-electron chi connectivity index (χ2n) is 5.50. The fraction of sp³-hybridized carbons (Fsp3) is 0.786. The van der Waals surface area contributed by atoms with Crippen LogP contribution in [0, 0.1) is 11.8 Å². The largest absolute Gasteiger partial charge is 0.444 e. The minimum atomic E-state index is -0.318. The van der Waals surface area contributed by atoms with E-state index in [0.717, 1.165) is 12.3 Å². The van der Waals surface area contributed by atoms with Crippen molar-refractivity contribution in [3.8, 4) is 0 Å². The molecule has 1 aliphatic carbocycles. The number of ether oxygens (including phenoxy) is 1. The van der Waals surface area contributed by atoms with E-state index >= 15 is 0 Å². The first-order valence-electron chi connectivity index (χ1n) is 6.52. The van der Waals surface area contributed by atoms with Gasteiger partial charge in [-0.2, -0.15) is 0 Å². The molecule has 0 aromatic carbocycles. The average molecular weight is 239 g/mol. The van der Waals surface area contributed by atoms with Crippen LogP contribution in [0.5, 0.6) is 0 Å². The lowest BCUT2D eigenvalue weighted by Crippen LogP contribution is -2.45. The summed E-state index contributed by atoms with van der Waals surface area (Å²) >= 11 is 0. The summed E-state index contributed by atoms with van der Waals surface area (Å²) in [5, 5.41) is 3.39. The van der Waals surface area contributed by atoms with Gasteiger partial charge in [-0.3, -0.25) is 5.32 Å². The van der Waals surface area contributed by atoms with Crippen molar-refractivity contribution < 1.29 is 9.53 Å². The molecule has 4 atom stereocenters. The molecule has 1 N–H and O–H groups in total. The van der Waals surface area contributed by atoms with Crippen molar-refractivity contribution in [2.24, 2.45) is 11.8 Å². The highest BCUT2D eigenvalue weighted by atomic mass is 16.6. The molecule has 0 saturated heterocycles. The first kappa shape index (κ1) is 14.2. The molecule has 3 nitrogen and oxygen atoms in total. The molecule has 17 heavy (non-hydrogen) atoms. The van der Waals surface area contributed by atoms with Gasteiger partial charge in [-0.25, -0.2) is 4.79 Å². The Bertz CT molecular complexity index is 288. The molecule has 0 radical (unpaired) electrons. The number of hydrogen-bond acceptors (Lipinski definition) is 3. The van der Waals surface area contributed by atoms with Crippen LogP contribution in [-0.4, -0.2) is 18.2 Å². The van der Waals surface area contributed by atoms with Crippen molar-refractivity contribution in [3.05, 3.63) is 12.2 Å². The molecule has 0 heterocycles. The summed E-state index contributed by atoms with van der Waals surface area (Å²) < 4.78 is 5.24. The Morgan fingerprint density at radius 3 is 2.59 bits per heavy atom. The van der Waals surface area contributed by atoms with Crippen molar-refractivity contribution in [2.75, 3.05) is 0 Å². The van der Waals surface area contributed by atoms with Crippen LogP contribution < -0.4 is 5.32 Å². The zero-order chi connectivity index (χ0) is 13.0. The van der Waals surface area contributed by atoms with E-state index in [2.05, 4.69) is 25.7 Å². The summed E-state index contributed by atoms with van der Waals surface area (Å²) in [6.07, 6.45) is 3.43. The van der Waals surface area contributed by atoms with Crippen LogP contribution in [0.2, 0.25) is 0 Å². The van der Waals surface area contributed by atoms with Gasteiger partial charge in [0.2, 0.25) is 0 Å². The van der Waals surface area contributed by atoms with Crippen LogP contribution >= 0.6 is 0 Å². The van der Waals surface area contributed by atoms with Gasteiger partial charge in [0.1, 0.15) is 0 Å². The smallest absolute Gasteiger partial charge is 0.334 e. The van der Waals surface area contributed by atoms with E-state index in [1.807, 2.05) is 6.92 Å². The fourth-order valence-electron chi connectivity index (χ4n) is 2.51. The Morgan fingerprint density at radius 2 is 2.06 bits per heavy atom. The van der Waals surface area contributed by atoms with Gasteiger partial charge in [-0.1, -0.05) is 20.4 Å². The highest BCUT2D eigenvalue weighted by molar-refractivity contribution is 5.87. The van der Waals surface area contributed by atoms with Gasteiger partial charge in [0.05, 0.1) is 0 Å². The molecule has 0 amide bonds. The van der Waals surface area contributed by atoms with Crippen molar-refractivity contribution >= 4 is 5.97 Å². The molecule has 1 aliphatic rings. The van der Waals surface area contributed by atoms with E-state index in [4.69, 9.17) is 4.74 Å². The fourth-order valence-corrected chi connectivity index (χ4v) is 2.51. The number of nitrogens with one attached hydrogen (secondary N) is 1. The van der Waals surface area contributed by atoms with Crippen LogP contribution in [-0.2, 0) is 9.53 Å². The Labute approximate surface area is 105 Å². The first-order chi connectivity index (χ1) is 7.90. The predicted molar refractivity (Wildman–Crippen MR) is 69.5 cm³/mol. The SMILES string of the molecule is C=C(C)C(=O)OC(C)NC1CCC(C)CC1C. The zero-order valence-electron chi connectivity index (χ0n) is 11.5. The minimum Gasteiger partial charge on any atom is -0.444 e. The molecule has 0 aliphatic heterocycles. The minimum absolute atomic E-state index is 0.236. The van der Waals surface area contributed by atoms with Gasteiger partial charge in [-0.05, 0) is 44.9 Å². The maximum Gasteiger partial charge on any atom is 0.334 e. The quantitative estimate of drug-likeness (QED) is 0.466. The number of carbonyl (C=O) groups is 1. The van der Waals surface area contributed by atoms with Gasteiger partial charge < -0.3 is 4.74 Å². The molecule has 0 aromatic heterocycles. The van der Waals surface area contributed by atoms with Crippen molar-refractivity contribution in [1.29, 1.82) is 0 Å². The number of esters is 1. The number of hydrogen-bond donors (Lipinski definition) is 1. The topological polar surface area (TPSA) is 38.3 Å². The van der Waals surface area contributed by atoms with E-state index in [-0.39, 0.29) is 12.2 Å². The number of carbonyl (C=O) groups excluding carboxylic acids is 1. The van der Waals surface area contributed by atoms with Crippen LogP contribution in [0.15, 0.2) is 12.2 Å². The van der Waals surface area contributed by atoms with Crippen LogP contribution in [0.1, 0.15) is 47.0 Å². The molecule has 0 spiro atoms. The van der Waals surface area contributed by atoms with Crippen molar-refractivity contribution in [1.82, 2.24) is 5.32 Å². The first-order valence-corrected chi connectivity index (χ1v) is 6.52. The third-order valence-electron chi connectivity index (χ3n) is 3.51. The maximum absolute atomic E-state index is 11.4. The molecule has 1 fully saturated rings. The normalized spacial score (nSPS) is 30.7. The van der Waals surface area contributed by atoms with E-state index in [9.17, 15) is 4.79 Å². The zero-order valence-corrected chi connectivity index (χ0v) is 11.5. The maximum atomic E-state index is 11.4. The molecule has 0 aromatic rings. The van der Waals surface area contributed by atoms with E-state index in [0.29, 0.717) is 17.5 Å². The van der Waals surface area contributed by atoms with Crippen LogP contribution in [0.4, 0.5) is 0 Å². The van der Waals surface area contributed by atoms with E-state index in [1.54, 1.807) is 6.92 Å². The number of rotatable bonds is 4. The molecule has 1 saturated carbocycles. The molecule has 98 valence electrons. The lowest BCUT2D eigenvalue weighted by Gasteiger charge is -2.34. The molecule has 0 bridgehead atoms. The van der Waals surface area contributed by atoms with Gasteiger partial charge >= 0.3 is 5.97 Å². The summed E-state index contributed by atoms with van der Waals surface area (Å²) in [7, 11) is 0. The third-order valence-corrected chi connectivity index (χ3v) is 3.51. The average Bonchev–Trinajstić information content (AvgIpc) is 2.22. The van der Waals surface area contributed by atoms with Gasteiger partial charge in [0, 0.05) is 11.6 Å². The van der Waals surface area contributed by atoms with Crippen LogP contribution in [0.3, 0.4) is 0 Å². The van der Waals surface area contributed by atoms with Crippen LogP contribution in [0.25, 0.3) is 0 Å². The van der Waals surface area contributed by atoms with Crippen molar-refractivity contribution in [3.63, 3.8) is 0 Å². The summed E-state index contributed by atoms with van der Waals surface area (Å²) in [6, 6.07) is 0.458. The van der Waals surface area contributed by atoms with Gasteiger partial charge in [-0.15, -0.1) is 0 Å². The molecule has 1 rings (SSSR count). The molecule has 4 unspecified atom stereocenters. The lowest BCUT2D eigenvalue weighted by molar-refractivity contribution is -0.145. The Morgan fingerprint density at radius 1 is 1.41 bits per heavy atom. The monoisotopic (exact) mass is 239 g/mol. The molecule has 3 heteroatoms. The summed E-state index contributed by atoms with van der Waals surface area (Å²) in [6.45, 7) is 11.7. The Hall–Kier alpha value is -0.830. The standard InChI is InChI=1S/C14H25NO2/c1-9(2)14(16)17-12(5)15-13-7-6-10(3)8-11(13)4/h10-13,15H,1,6-8H2,2-5H3. The Balaban J connectivity index is 2.38. The summed E-state index contributed by atoms with van der Waals surface area (Å²) in [5.41, 5.74) is 0.448.